The van der Waals surface area contributed by atoms with Gasteiger partial charge in [-0.05, 0) is 49.7 Å². The number of carbonyl (C=O) groups excluding carboxylic acids is 2. The second-order valence-electron chi connectivity index (χ2n) is 10.9. The van der Waals surface area contributed by atoms with Crippen molar-refractivity contribution in [3.05, 3.63) is 53.3 Å². The van der Waals surface area contributed by atoms with Gasteiger partial charge < -0.3 is 9.80 Å². The zero-order chi connectivity index (χ0) is 23.5. The zero-order valence-electron chi connectivity index (χ0n) is 20.5. The van der Waals surface area contributed by atoms with Gasteiger partial charge in [-0.15, -0.1) is 0 Å². The van der Waals surface area contributed by atoms with Crippen LogP contribution in [0.3, 0.4) is 0 Å². The SMILES string of the molecule is CC(=O)N1[C@H](Cc2ccccc2)[C@@H]2C[C@@]3(C)[C@H](CCC[C@@H]13)N2C(=O)c1cc(C(C)C)nn1C. The van der Waals surface area contributed by atoms with Crippen LogP contribution in [0.2, 0.25) is 0 Å². The van der Waals surface area contributed by atoms with Crippen LogP contribution in [-0.4, -0.2) is 55.6 Å². The van der Waals surface area contributed by atoms with Gasteiger partial charge in [-0.3, -0.25) is 14.3 Å². The van der Waals surface area contributed by atoms with Crippen molar-refractivity contribution in [3.63, 3.8) is 0 Å². The molecule has 2 aliphatic heterocycles. The first-order valence-corrected chi connectivity index (χ1v) is 12.4. The number of benzene rings is 1. The molecule has 3 aliphatic rings. The molecule has 2 bridgehead atoms. The Morgan fingerprint density at radius 1 is 1.12 bits per heavy atom. The first kappa shape index (κ1) is 22.2. The molecule has 6 heteroatoms. The molecule has 33 heavy (non-hydrogen) atoms. The van der Waals surface area contributed by atoms with Crippen LogP contribution in [0.25, 0.3) is 0 Å². The monoisotopic (exact) mass is 448 g/mol. The minimum atomic E-state index is -0.0586. The second kappa shape index (κ2) is 8.00. The number of nitrogens with zero attached hydrogens (tertiary/aromatic N) is 4. The Morgan fingerprint density at radius 2 is 1.79 bits per heavy atom. The quantitative estimate of drug-likeness (QED) is 0.706. The van der Waals surface area contributed by atoms with E-state index in [0.717, 1.165) is 37.8 Å². The van der Waals surface area contributed by atoms with Crippen molar-refractivity contribution in [3.8, 4) is 0 Å². The molecular formula is C27H36N4O2. The van der Waals surface area contributed by atoms with E-state index in [1.54, 1.807) is 11.6 Å². The second-order valence-corrected chi connectivity index (χ2v) is 10.9. The van der Waals surface area contributed by atoms with Crippen molar-refractivity contribution in [1.29, 1.82) is 0 Å². The number of carbonyl (C=O) groups is 2. The van der Waals surface area contributed by atoms with Crippen molar-refractivity contribution in [1.82, 2.24) is 19.6 Å². The predicted octanol–water partition coefficient (Wildman–Crippen LogP) is 4.16. The first-order valence-electron chi connectivity index (χ1n) is 12.4. The van der Waals surface area contributed by atoms with E-state index in [1.807, 2.05) is 19.2 Å². The topological polar surface area (TPSA) is 58.4 Å². The number of fused-ring (bicyclic) bond motifs is 1. The summed E-state index contributed by atoms with van der Waals surface area (Å²) in [5.41, 5.74) is 2.76. The Balaban J connectivity index is 1.59. The molecule has 5 atom stereocenters. The van der Waals surface area contributed by atoms with Crippen LogP contribution >= 0.6 is 0 Å². The van der Waals surface area contributed by atoms with Crippen molar-refractivity contribution in [2.24, 2.45) is 12.5 Å². The fraction of sp³-hybridized carbons (Fsp3) is 0.593. The van der Waals surface area contributed by atoms with Gasteiger partial charge in [0.2, 0.25) is 5.91 Å². The molecule has 6 nitrogen and oxygen atoms in total. The highest BCUT2D eigenvalue weighted by Crippen LogP contribution is 2.56. The Bertz CT molecular complexity index is 1060. The molecule has 0 N–H and O–H groups in total. The van der Waals surface area contributed by atoms with E-state index in [2.05, 4.69) is 59.9 Å². The number of hydrogen-bond donors (Lipinski definition) is 0. The molecule has 5 rings (SSSR count). The highest BCUT2D eigenvalue weighted by Gasteiger charge is 2.64. The lowest BCUT2D eigenvalue weighted by Crippen LogP contribution is -2.62. The third kappa shape index (κ3) is 3.41. The van der Waals surface area contributed by atoms with E-state index < -0.39 is 0 Å². The summed E-state index contributed by atoms with van der Waals surface area (Å²) in [5.74, 6) is 0.473. The molecule has 1 aromatic heterocycles. The van der Waals surface area contributed by atoms with E-state index in [-0.39, 0.29) is 47.3 Å². The summed E-state index contributed by atoms with van der Waals surface area (Å²) in [6.45, 7) is 8.23. The Hall–Kier alpha value is -2.63. The minimum absolute atomic E-state index is 0.00665. The summed E-state index contributed by atoms with van der Waals surface area (Å²) in [4.78, 5) is 31.5. The number of aryl methyl sites for hydroxylation is 1. The molecule has 0 spiro atoms. The Morgan fingerprint density at radius 3 is 2.39 bits per heavy atom. The maximum absolute atomic E-state index is 14.1. The third-order valence-electron chi connectivity index (χ3n) is 8.55. The van der Waals surface area contributed by atoms with Gasteiger partial charge in [0.05, 0.1) is 17.8 Å². The van der Waals surface area contributed by atoms with E-state index in [1.165, 1.54) is 5.56 Å². The lowest BCUT2D eigenvalue weighted by Gasteiger charge is -2.52. The summed E-state index contributed by atoms with van der Waals surface area (Å²) < 4.78 is 1.75. The number of aromatic nitrogens is 2. The van der Waals surface area contributed by atoms with Crippen LogP contribution < -0.4 is 0 Å². The Labute approximate surface area is 196 Å². The van der Waals surface area contributed by atoms with Gasteiger partial charge >= 0.3 is 0 Å². The summed E-state index contributed by atoms with van der Waals surface area (Å²) in [6.07, 6.45) is 4.82. The number of rotatable bonds is 4. The number of amides is 2. The van der Waals surface area contributed by atoms with E-state index in [0.29, 0.717) is 5.69 Å². The van der Waals surface area contributed by atoms with Gasteiger partial charge in [0.15, 0.2) is 0 Å². The maximum Gasteiger partial charge on any atom is 0.272 e. The molecule has 0 radical (unpaired) electrons. The minimum Gasteiger partial charge on any atom is -0.334 e. The highest BCUT2D eigenvalue weighted by molar-refractivity contribution is 5.94. The molecule has 176 valence electrons. The highest BCUT2D eigenvalue weighted by atomic mass is 16.2. The smallest absolute Gasteiger partial charge is 0.272 e. The number of piperidine rings is 1. The predicted molar refractivity (Wildman–Crippen MR) is 128 cm³/mol. The summed E-state index contributed by atoms with van der Waals surface area (Å²) >= 11 is 0. The largest absolute Gasteiger partial charge is 0.334 e. The van der Waals surface area contributed by atoms with E-state index in [4.69, 9.17) is 0 Å². The number of hydrogen-bond acceptors (Lipinski definition) is 3. The van der Waals surface area contributed by atoms with Crippen LogP contribution in [0.4, 0.5) is 0 Å². The molecule has 0 unspecified atom stereocenters. The molecule has 3 heterocycles. The number of likely N-dealkylation sites (tertiary alicyclic amines) is 2. The van der Waals surface area contributed by atoms with Gasteiger partial charge in [0.1, 0.15) is 5.69 Å². The molecule has 2 amide bonds. The third-order valence-corrected chi connectivity index (χ3v) is 8.55. The molecule has 1 saturated carbocycles. The molecule has 2 aromatic rings. The van der Waals surface area contributed by atoms with Crippen LogP contribution in [-0.2, 0) is 18.3 Å². The molecular weight excluding hydrogens is 412 g/mol. The standard InChI is InChI=1S/C27H36N4O2/c1-17(2)20-15-22(29(5)28-20)26(33)31-23-16-27(4)24(12-9-13-25(27)31)30(18(3)32)21(23)14-19-10-7-6-8-11-19/h6-8,10-11,15,17,21,23-25H,9,12-14,16H2,1-5H3/t21-,23+,24-,25+,27-/m1/s1. The van der Waals surface area contributed by atoms with Crippen LogP contribution in [0.15, 0.2) is 36.4 Å². The molecule has 2 saturated heterocycles. The van der Waals surface area contributed by atoms with Crippen molar-refractivity contribution in [2.45, 2.75) is 89.9 Å². The van der Waals surface area contributed by atoms with Crippen LogP contribution in [0.5, 0.6) is 0 Å². The molecule has 1 aliphatic carbocycles. The summed E-state index contributed by atoms with van der Waals surface area (Å²) in [5, 5.41) is 4.62. The average molecular weight is 449 g/mol. The normalized spacial score (nSPS) is 30.7. The molecule has 1 aromatic carbocycles. The Kier molecular flexibility index (Phi) is 5.37. The summed E-state index contributed by atoms with van der Waals surface area (Å²) in [7, 11) is 1.87. The van der Waals surface area contributed by atoms with Crippen LogP contribution in [0.1, 0.15) is 81.0 Å². The maximum atomic E-state index is 14.1. The molecule has 3 fully saturated rings. The van der Waals surface area contributed by atoms with Crippen molar-refractivity contribution in [2.75, 3.05) is 0 Å². The van der Waals surface area contributed by atoms with Crippen molar-refractivity contribution < 1.29 is 9.59 Å². The lowest BCUT2D eigenvalue weighted by molar-refractivity contribution is -0.142. The van der Waals surface area contributed by atoms with Gasteiger partial charge in [0.25, 0.3) is 5.91 Å². The van der Waals surface area contributed by atoms with Gasteiger partial charge in [-0.2, -0.15) is 5.10 Å². The van der Waals surface area contributed by atoms with Crippen molar-refractivity contribution >= 4 is 11.8 Å². The lowest BCUT2D eigenvalue weighted by atomic mass is 9.64. The fourth-order valence-electron chi connectivity index (χ4n) is 7.03. The van der Waals surface area contributed by atoms with E-state index >= 15 is 0 Å². The van der Waals surface area contributed by atoms with Crippen LogP contribution in [0, 0.1) is 5.41 Å². The van der Waals surface area contributed by atoms with E-state index in [9.17, 15) is 9.59 Å². The average Bonchev–Trinajstić information content (AvgIpc) is 3.31. The van der Waals surface area contributed by atoms with Gasteiger partial charge in [-0.1, -0.05) is 51.1 Å². The van der Waals surface area contributed by atoms with Gasteiger partial charge in [-0.25, -0.2) is 0 Å². The van der Waals surface area contributed by atoms with Gasteiger partial charge in [0, 0.05) is 31.5 Å². The zero-order valence-corrected chi connectivity index (χ0v) is 20.5. The fourth-order valence-corrected chi connectivity index (χ4v) is 7.03. The summed E-state index contributed by atoms with van der Waals surface area (Å²) in [6, 6.07) is 12.7. The first-order chi connectivity index (χ1) is 15.7.